The predicted molar refractivity (Wildman–Crippen MR) is 95.1 cm³/mol. The van der Waals surface area contributed by atoms with E-state index in [0.29, 0.717) is 10.6 Å². The fraction of sp³-hybridized carbons (Fsp3) is 0. The molecule has 1 heterocycles. The van der Waals surface area contributed by atoms with Crippen LogP contribution in [0, 0.1) is 10.1 Å². The van der Waals surface area contributed by atoms with Gasteiger partial charge < -0.3 is 4.74 Å². The summed E-state index contributed by atoms with van der Waals surface area (Å²) in [4.78, 5) is 26.3. The Balaban J connectivity index is 1.81. The lowest BCUT2D eigenvalue weighted by Gasteiger charge is -1.95. The molecule has 1 aliphatic rings. The summed E-state index contributed by atoms with van der Waals surface area (Å²) < 4.78 is 5.07. The van der Waals surface area contributed by atoms with Crippen molar-refractivity contribution in [1.82, 2.24) is 0 Å². The third-order valence-corrected chi connectivity index (χ3v) is 3.56. The quantitative estimate of drug-likeness (QED) is 0.355. The van der Waals surface area contributed by atoms with E-state index in [0.717, 1.165) is 5.56 Å². The molecule has 0 aliphatic carbocycles. The summed E-state index contributed by atoms with van der Waals surface area (Å²) >= 11 is 5.82. The number of hydrogen-bond donors (Lipinski definition) is 0. The van der Waals surface area contributed by atoms with Crippen molar-refractivity contribution < 1.29 is 14.5 Å². The summed E-state index contributed by atoms with van der Waals surface area (Å²) in [6.45, 7) is 0. The minimum absolute atomic E-state index is 0.0625. The maximum absolute atomic E-state index is 11.9. The first kappa shape index (κ1) is 16.6. The maximum atomic E-state index is 11.9. The summed E-state index contributed by atoms with van der Waals surface area (Å²) in [5.74, 6) is -0.459. The van der Waals surface area contributed by atoms with E-state index in [1.165, 1.54) is 24.3 Å². The molecule has 124 valence electrons. The van der Waals surface area contributed by atoms with Gasteiger partial charge in [-0.1, -0.05) is 35.9 Å². The van der Waals surface area contributed by atoms with Crippen LogP contribution in [-0.4, -0.2) is 16.8 Å². The van der Waals surface area contributed by atoms with Crippen LogP contribution in [0.3, 0.4) is 0 Å². The number of non-ortho nitro benzene ring substituents is 1. The molecule has 0 N–H and O–H groups in total. The van der Waals surface area contributed by atoms with Crippen molar-refractivity contribution in [3.63, 3.8) is 0 Å². The summed E-state index contributed by atoms with van der Waals surface area (Å²) in [6, 6.07) is 13.0. The van der Waals surface area contributed by atoms with E-state index in [1.807, 2.05) is 12.1 Å². The molecule has 0 saturated carbocycles. The van der Waals surface area contributed by atoms with E-state index >= 15 is 0 Å². The minimum Gasteiger partial charge on any atom is -0.403 e. The number of esters is 1. The first-order valence-electron chi connectivity index (χ1n) is 7.22. The van der Waals surface area contributed by atoms with Crippen LogP contribution in [0.2, 0.25) is 5.02 Å². The molecule has 25 heavy (non-hydrogen) atoms. The van der Waals surface area contributed by atoms with Crippen molar-refractivity contribution in [1.29, 1.82) is 0 Å². The Bertz CT molecular complexity index is 930. The number of carbonyl (C=O) groups is 1. The molecule has 0 amide bonds. The third kappa shape index (κ3) is 4.19. The van der Waals surface area contributed by atoms with Gasteiger partial charge in [0.1, 0.15) is 0 Å². The van der Waals surface area contributed by atoms with Crippen molar-refractivity contribution in [2.24, 2.45) is 4.99 Å². The highest BCUT2D eigenvalue weighted by atomic mass is 35.5. The van der Waals surface area contributed by atoms with Crippen LogP contribution in [0.15, 0.2) is 65.3 Å². The fourth-order valence-electron chi connectivity index (χ4n) is 2.12. The van der Waals surface area contributed by atoms with Gasteiger partial charge in [-0.05, 0) is 35.4 Å². The Labute approximate surface area is 147 Å². The predicted octanol–water partition coefficient (Wildman–Crippen LogP) is 4.26. The summed E-state index contributed by atoms with van der Waals surface area (Å²) in [5, 5.41) is 11.4. The zero-order valence-electron chi connectivity index (χ0n) is 12.8. The van der Waals surface area contributed by atoms with Crippen LogP contribution in [-0.2, 0) is 9.53 Å². The number of carbonyl (C=O) groups excluding carboxylic acids is 1. The van der Waals surface area contributed by atoms with Crippen LogP contribution in [0.1, 0.15) is 11.1 Å². The molecule has 0 fully saturated rings. The van der Waals surface area contributed by atoms with E-state index in [2.05, 4.69) is 4.99 Å². The first-order chi connectivity index (χ1) is 12.0. The highest BCUT2D eigenvalue weighted by molar-refractivity contribution is 6.30. The van der Waals surface area contributed by atoms with Gasteiger partial charge in [-0.3, -0.25) is 10.1 Å². The lowest BCUT2D eigenvalue weighted by molar-refractivity contribution is -0.384. The standard InChI is InChI=1S/C18H11ClN2O4/c19-14-7-4-12(5-8-14)6-9-17-20-16(18(22)25-17)11-13-2-1-3-15(10-13)21(23)24/h1-11H/b9-6+,16-11+. The SMILES string of the molecule is O=C1OC(/C=C/c2ccc(Cl)cc2)=NC/1=C/c1cccc([N+](=O)[O-])c1. The maximum Gasteiger partial charge on any atom is 0.363 e. The van der Waals surface area contributed by atoms with E-state index in [1.54, 1.807) is 30.4 Å². The number of nitrogens with zero attached hydrogens (tertiary/aromatic N) is 2. The second-order valence-corrected chi connectivity index (χ2v) is 5.54. The molecule has 0 atom stereocenters. The number of halogens is 1. The highest BCUT2D eigenvalue weighted by Crippen LogP contribution is 2.20. The average molecular weight is 355 g/mol. The highest BCUT2D eigenvalue weighted by Gasteiger charge is 2.21. The molecule has 0 unspecified atom stereocenters. The number of ether oxygens (including phenoxy) is 1. The molecule has 1 aliphatic heterocycles. The van der Waals surface area contributed by atoms with Gasteiger partial charge in [-0.25, -0.2) is 9.79 Å². The van der Waals surface area contributed by atoms with Gasteiger partial charge in [0.2, 0.25) is 5.90 Å². The van der Waals surface area contributed by atoms with E-state index in [4.69, 9.17) is 16.3 Å². The summed E-state index contributed by atoms with van der Waals surface area (Å²) in [6.07, 6.45) is 4.74. The van der Waals surface area contributed by atoms with E-state index < -0.39 is 10.9 Å². The molecule has 0 bridgehead atoms. The molecular formula is C18H11ClN2O4. The monoisotopic (exact) mass is 354 g/mol. The normalized spacial score (nSPS) is 15.5. The van der Waals surface area contributed by atoms with Crippen molar-refractivity contribution in [3.8, 4) is 0 Å². The number of cyclic esters (lactones) is 1. The van der Waals surface area contributed by atoms with Gasteiger partial charge in [-0.2, -0.15) is 0 Å². The van der Waals surface area contributed by atoms with Crippen molar-refractivity contribution in [2.45, 2.75) is 0 Å². The molecule has 2 aromatic rings. The Morgan fingerprint density at radius 3 is 2.56 bits per heavy atom. The van der Waals surface area contributed by atoms with Gasteiger partial charge in [0.15, 0.2) is 5.70 Å². The van der Waals surface area contributed by atoms with Crippen LogP contribution in [0.25, 0.3) is 12.2 Å². The second kappa shape index (κ2) is 7.11. The largest absolute Gasteiger partial charge is 0.403 e. The number of nitro benzene ring substituents is 1. The second-order valence-electron chi connectivity index (χ2n) is 5.11. The average Bonchev–Trinajstić information content (AvgIpc) is 2.94. The van der Waals surface area contributed by atoms with Gasteiger partial charge in [0, 0.05) is 23.2 Å². The molecule has 6 nitrogen and oxygen atoms in total. The number of aliphatic imine (C=N–C) groups is 1. The van der Waals surface area contributed by atoms with Gasteiger partial charge in [0.25, 0.3) is 5.69 Å². The molecule has 3 rings (SSSR count). The molecule has 0 aromatic heterocycles. The zero-order chi connectivity index (χ0) is 17.8. The zero-order valence-corrected chi connectivity index (χ0v) is 13.5. The summed E-state index contributed by atoms with van der Waals surface area (Å²) in [7, 11) is 0. The van der Waals surface area contributed by atoms with Crippen LogP contribution >= 0.6 is 11.6 Å². The fourth-order valence-corrected chi connectivity index (χ4v) is 2.25. The molecule has 7 heteroatoms. The Morgan fingerprint density at radius 1 is 1.08 bits per heavy atom. The van der Waals surface area contributed by atoms with Gasteiger partial charge in [-0.15, -0.1) is 0 Å². The van der Waals surface area contributed by atoms with Gasteiger partial charge in [0.05, 0.1) is 4.92 Å². The minimum atomic E-state index is -0.609. The first-order valence-corrected chi connectivity index (χ1v) is 7.60. The van der Waals surface area contributed by atoms with Crippen LogP contribution in [0.4, 0.5) is 5.69 Å². The van der Waals surface area contributed by atoms with Crippen molar-refractivity contribution >= 4 is 41.3 Å². The lowest BCUT2D eigenvalue weighted by Crippen LogP contribution is -2.01. The van der Waals surface area contributed by atoms with Gasteiger partial charge >= 0.3 is 5.97 Å². The Morgan fingerprint density at radius 2 is 1.84 bits per heavy atom. The Hall–Kier alpha value is -3.25. The third-order valence-electron chi connectivity index (χ3n) is 3.31. The molecule has 2 aromatic carbocycles. The van der Waals surface area contributed by atoms with Crippen LogP contribution in [0.5, 0.6) is 0 Å². The van der Waals surface area contributed by atoms with E-state index in [-0.39, 0.29) is 17.3 Å². The van der Waals surface area contributed by atoms with Crippen LogP contribution < -0.4 is 0 Å². The van der Waals surface area contributed by atoms with Crippen molar-refractivity contribution in [3.05, 3.63) is 86.6 Å². The topological polar surface area (TPSA) is 81.8 Å². The Kier molecular flexibility index (Phi) is 4.72. The smallest absolute Gasteiger partial charge is 0.363 e. The molecule has 0 saturated heterocycles. The van der Waals surface area contributed by atoms with E-state index in [9.17, 15) is 14.9 Å². The number of rotatable bonds is 4. The lowest BCUT2D eigenvalue weighted by atomic mass is 10.2. The molecular weight excluding hydrogens is 344 g/mol. The number of benzene rings is 2. The molecule has 0 radical (unpaired) electrons. The van der Waals surface area contributed by atoms with Crippen molar-refractivity contribution in [2.75, 3.05) is 0 Å². The summed E-state index contributed by atoms with van der Waals surface area (Å²) in [5.41, 5.74) is 1.39. The molecule has 0 spiro atoms. The number of nitro groups is 1. The number of hydrogen-bond acceptors (Lipinski definition) is 5.